The van der Waals surface area contributed by atoms with Gasteiger partial charge in [0.05, 0.1) is 0 Å². The Bertz CT molecular complexity index is 423. The van der Waals surface area contributed by atoms with Gasteiger partial charge in [0.15, 0.2) is 0 Å². The maximum absolute atomic E-state index is 10.8. The number of carbonyl (C=O) groups excluding carboxylic acids is 1. The Kier molecular flexibility index (Phi) is 4.08. The highest BCUT2D eigenvalue weighted by molar-refractivity contribution is 7.03. The van der Waals surface area contributed by atoms with Gasteiger partial charge in [-0.05, 0) is 52.1 Å². The number of carbonyl (C=O) groups is 1. The third-order valence-electron chi connectivity index (χ3n) is 2.39. The van der Waals surface area contributed by atoms with Crippen molar-refractivity contribution in [1.29, 1.82) is 5.41 Å². The van der Waals surface area contributed by atoms with Crippen molar-refractivity contribution in [2.45, 2.75) is 52.5 Å². The second-order valence-electron chi connectivity index (χ2n) is 5.13. The quantitative estimate of drug-likeness (QED) is 0.864. The highest BCUT2D eigenvalue weighted by atomic mass is 32.1. The summed E-state index contributed by atoms with van der Waals surface area (Å²) in [5.41, 5.74) is 1.10. The molecule has 4 heteroatoms. The lowest BCUT2D eigenvalue weighted by Gasteiger charge is -2.19. The van der Waals surface area contributed by atoms with Crippen LogP contribution in [0.1, 0.15) is 46.1 Å². The summed E-state index contributed by atoms with van der Waals surface area (Å²) in [5, 5.41) is 7.87. The van der Waals surface area contributed by atoms with Gasteiger partial charge < -0.3 is 4.79 Å². The van der Waals surface area contributed by atoms with Crippen LogP contribution in [0, 0.1) is 5.41 Å². The highest BCUT2D eigenvalue weighted by Gasteiger charge is 2.14. The van der Waals surface area contributed by atoms with Crippen LogP contribution in [0.4, 0.5) is 0 Å². The van der Waals surface area contributed by atoms with Gasteiger partial charge in [-0.3, -0.25) is 9.37 Å². The molecule has 0 aromatic carbocycles. The number of rotatable bonds is 4. The van der Waals surface area contributed by atoms with Crippen molar-refractivity contribution in [3.8, 4) is 0 Å². The second-order valence-corrected chi connectivity index (χ2v) is 6.11. The third-order valence-corrected chi connectivity index (χ3v) is 3.69. The topological polar surface area (TPSA) is 45.9 Å². The van der Waals surface area contributed by atoms with E-state index in [9.17, 15) is 4.79 Å². The molecule has 16 heavy (non-hydrogen) atoms. The summed E-state index contributed by atoms with van der Waals surface area (Å²) in [5.74, 6) is 0.227. The molecular formula is C12H20N2OS. The number of ketones is 1. The molecule has 0 radical (unpaired) electrons. The molecular weight excluding hydrogens is 220 g/mol. The molecule has 3 nitrogen and oxygen atoms in total. The molecule has 0 amide bonds. The molecule has 0 unspecified atom stereocenters. The fourth-order valence-corrected chi connectivity index (χ4v) is 2.34. The van der Waals surface area contributed by atoms with E-state index < -0.39 is 0 Å². The van der Waals surface area contributed by atoms with Crippen LogP contribution in [0.3, 0.4) is 0 Å². The number of aryl methyl sites for hydroxylation is 1. The van der Waals surface area contributed by atoms with Gasteiger partial charge in [-0.1, -0.05) is 0 Å². The predicted octanol–water partition coefficient (Wildman–Crippen LogP) is 2.70. The lowest BCUT2D eigenvalue weighted by molar-refractivity contribution is -0.117. The fraction of sp³-hybridized carbons (Fsp3) is 0.667. The lowest BCUT2D eigenvalue weighted by atomic mass is 10.1. The zero-order chi connectivity index (χ0) is 12.3. The smallest absolute Gasteiger partial charge is 0.129 e. The zero-order valence-electron chi connectivity index (χ0n) is 10.5. The van der Waals surface area contributed by atoms with E-state index in [0.29, 0.717) is 11.1 Å². The Morgan fingerprint density at radius 3 is 2.56 bits per heavy atom. The summed E-state index contributed by atoms with van der Waals surface area (Å²) in [7, 11) is 0. The largest absolute Gasteiger partial charge is 0.300 e. The minimum Gasteiger partial charge on any atom is -0.300 e. The Hall–Kier alpha value is -0.900. The van der Waals surface area contributed by atoms with E-state index in [2.05, 4.69) is 24.7 Å². The van der Waals surface area contributed by atoms with Crippen LogP contribution in [0.2, 0.25) is 0 Å². The molecule has 0 bridgehead atoms. The lowest BCUT2D eigenvalue weighted by Crippen LogP contribution is -2.18. The Morgan fingerprint density at radius 1 is 1.50 bits per heavy atom. The first-order valence-electron chi connectivity index (χ1n) is 5.57. The standard InChI is InChI=1S/C12H20N2OS/c1-9(15)6-5-7-10-8-14(12(2,3)4)16-11(10)13/h8,13H,5-7H2,1-4H3. The third kappa shape index (κ3) is 3.59. The first kappa shape index (κ1) is 13.2. The molecule has 1 aromatic heterocycles. The zero-order valence-corrected chi connectivity index (χ0v) is 11.3. The number of aromatic nitrogens is 1. The molecule has 1 heterocycles. The molecule has 90 valence electrons. The number of Topliss-reactive ketones (excluding diaryl/α,β-unsaturated/α-hetero) is 1. The average molecular weight is 240 g/mol. The van der Waals surface area contributed by atoms with Gasteiger partial charge >= 0.3 is 0 Å². The van der Waals surface area contributed by atoms with Crippen LogP contribution < -0.4 is 4.67 Å². The molecule has 0 aliphatic rings. The second kappa shape index (κ2) is 4.95. The van der Waals surface area contributed by atoms with E-state index in [1.807, 2.05) is 6.20 Å². The van der Waals surface area contributed by atoms with Gasteiger partial charge in [-0.15, -0.1) is 0 Å². The maximum atomic E-state index is 10.8. The minimum atomic E-state index is 0.0410. The van der Waals surface area contributed by atoms with Gasteiger partial charge in [-0.25, -0.2) is 0 Å². The van der Waals surface area contributed by atoms with Crippen molar-refractivity contribution < 1.29 is 4.79 Å². The normalized spacial score (nSPS) is 11.8. The number of nitrogens with one attached hydrogen (secondary N) is 1. The van der Waals surface area contributed by atoms with Crippen molar-refractivity contribution >= 4 is 17.3 Å². The van der Waals surface area contributed by atoms with E-state index in [-0.39, 0.29) is 11.3 Å². The molecule has 1 N–H and O–H groups in total. The van der Waals surface area contributed by atoms with Crippen LogP contribution >= 0.6 is 11.5 Å². The van der Waals surface area contributed by atoms with E-state index in [1.165, 1.54) is 11.5 Å². The molecule has 1 aromatic rings. The van der Waals surface area contributed by atoms with Gasteiger partial charge in [-0.2, -0.15) is 0 Å². The van der Waals surface area contributed by atoms with Gasteiger partial charge in [0, 0.05) is 23.7 Å². The number of hydrogen-bond donors (Lipinski definition) is 1. The Balaban J connectivity index is 2.72. The van der Waals surface area contributed by atoms with Crippen LogP contribution in [0.25, 0.3) is 0 Å². The van der Waals surface area contributed by atoms with Gasteiger partial charge in [0.2, 0.25) is 0 Å². The van der Waals surface area contributed by atoms with Crippen molar-refractivity contribution in [3.05, 3.63) is 16.4 Å². The van der Waals surface area contributed by atoms with Crippen molar-refractivity contribution in [1.82, 2.24) is 3.96 Å². The van der Waals surface area contributed by atoms with Crippen LogP contribution in [0.5, 0.6) is 0 Å². The molecule has 0 fully saturated rings. The average Bonchev–Trinajstić information content (AvgIpc) is 2.46. The summed E-state index contributed by atoms with van der Waals surface area (Å²) >= 11 is 1.48. The van der Waals surface area contributed by atoms with E-state index >= 15 is 0 Å². The molecule has 0 saturated carbocycles. The first-order chi connectivity index (χ1) is 7.30. The van der Waals surface area contributed by atoms with Gasteiger partial charge in [0.1, 0.15) is 10.5 Å². The van der Waals surface area contributed by atoms with E-state index in [4.69, 9.17) is 5.41 Å². The summed E-state index contributed by atoms with van der Waals surface area (Å²) in [6, 6.07) is 0. The molecule has 0 aliphatic heterocycles. The van der Waals surface area contributed by atoms with E-state index in [0.717, 1.165) is 18.4 Å². The van der Waals surface area contributed by atoms with Crippen molar-refractivity contribution in [2.24, 2.45) is 0 Å². The maximum Gasteiger partial charge on any atom is 0.129 e. The predicted molar refractivity (Wildman–Crippen MR) is 66.8 cm³/mol. The molecule has 0 atom stereocenters. The minimum absolute atomic E-state index is 0.0410. The summed E-state index contributed by atoms with van der Waals surface area (Å²) in [6.45, 7) is 8.00. The molecule has 0 aliphatic carbocycles. The highest BCUT2D eigenvalue weighted by Crippen LogP contribution is 2.17. The van der Waals surface area contributed by atoms with Crippen LogP contribution in [-0.2, 0) is 16.8 Å². The van der Waals surface area contributed by atoms with Crippen LogP contribution in [-0.4, -0.2) is 9.74 Å². The summed E-state index contributed by atoms with van der Waals surface area (Å²) in [6.07, 6.45) is 4.35. The van der Waals surface area contributed by atoms with E-state index in [1.54, 1.807) is 6.92 Å². The summed E-state index contributed by atoms with van der Waals surface area (Å²) in [4.78, 5) is 10.8. The SMILES string of the molecule is CC(=O)CCCc1cn(C(C)(C)C)sc1=N. The Morgan fingerprint density at radius 2 is 2.12 bits per heavy atom. The molecule has 1 rings (SSSR count). The van der Waals surface area contributed by atoms with Crippen LogP contribution in [0.15, 0.2) is 6.20 Å². The summed E-state index contributed by atoms with van der Waals surface area (Å²) < 4.78 is 2.73. The number of nitrogens with zero attached hydrogens (tertiary/aromatic N) is 1. The molecule has 0 spiro atoms. The van der Waals surface area contributed by atoms with Crippen molar-refractivity contribution in [2.75, 3.05) is 0 Å². The number of hydrogen-bond acceptors (Lipinski definition) is 3. The monoisotopic (exact) mass is 240 g/mol. The first-order valence-corrected chi connectivity index (χ1v) is 6.34. The fourth-order valence-electron chi connectivity index (χ4n) is 1.42. The Labute approximate surface area is 101 Å². The van der Waals surface area contributed by atoms with Gasteiger partial charge in [0.25, 0.3) is 0 Å². The van der Waals surface area contributed by atoms with Crippen molar-refractivity contribution in [3.63, 3.8) is 0 Å². The molecule has 0 saturated heterocycles.